The fraction of sp³-hybridized carbons (Fsp3) is 0.333. The first-order valence-corrected chi connectivity index (χ1v) is 6.77. The summed E-state index contributed by atoms with van der Waals surface area (Å²) in [6, 6.07) is 3.36. The topological polar surface area (TPSA) is 73.9 Å². The van der Waals surface area contributed by atoms with Gasteiger partial charge in [-0.25, -0.2) is 4.79 Å². The van der Waals surface area contributed by atoms with E-state index in [4.69, 9.17) is 9.47 Å². The van der Waals surface area contributed by atoms with Gasteiger partial charge in [-0.3, -0.25) is 9.52 Å². The molecule has 0 spiro atoms. The van der Waals surface area contributed by atoms with Gasteiger partial charge in [-0.15, -0.1) is 0 Å². The summed E-state index contributed by atoms with van der Waals surface area (Å²) in [5.74, 6) is 0.188. The molecular weight excluding hydrogens is 350 g/mol. The van der Waals surface area contributed by atoms with Crippen LogP contribution in [0.25, 0.3) is 0 Å². The van der Waals surface area contributed by atoms with Crippen molar-refractivity contribution in [1.82, 2.24) is 4.72 Å². The molecule has 0 radical (unpaired) electrons. The number of benzene rings is 1. The van der Waals surface area contributed by atoms with Gasteiger partial charge >= 0.3 is 5.97 Å². The number of hydrogen-bond donors (Lipinski definition) is 2. The Balaban J connectivity index is 2.75. The number of methoxy groups -OCH3 is 1. The van der Waals surface area contributed by atoms with Crippen LogP contribution in [-0.4, -0.2) is 32.2 Å². The zero-order valence-corrected chi connectivity index (χ0v) is 13.4. The van der Waals surface area contributed by atoms with Crippen LogP contribution in [0.4, 0.5) is 0 Å². The molecule has 0 heterocycles. The number of carbonyl (C=O) groups excluding carboxylic acids is 2. The normalized spacial score (nSPS) is 9.80. The highest BCUT2D eigenvalue weighted by Crippen LogP contribution is 2.32. The molecule has 0 atom stereocenters. The van der Waals surface area contributed by atoms with Gasteiger partial charge in [-0.2, -0.15) is 0 Å². The van der Waals surface area contributed by atoms with Crippen molar-refractivity contribution in [3.05, 3.63) is 22.2 Å². The Morgan fingerprint density at radius 1 is 1.25 bits per heavy atom. The van der Waals surface area contributed by atoms with Gasteiger partial charge in [-0.1, -0.05) is 12.8 Å². The lowest BCUT2D eigenvalue weighted by Crippen LogP contribution is -2.21. The summed E-state index contributed by atoms with van der Waals surface area (Å²) in [5, 5.41) is 0. The molecule has 0 fully saturated rings. The molecule has 0 aliphatic carbocycles. The van der Waals surface area contributed by atoms with Crippen LogP contribution in [0.2, 0.25) is 0 Å². The minimum atomic E-state index is -0.466. The Bertz CT molecular complexity index is 463. The van der Waals surface area contributed by atoms with Crippen LogP contribution >= 0.6 is 28.7 Å². The molecule has 0 bridgehead atoms. The lowest BCUT2D eigenvalue weighted by Gasteiger charge is -2.12. The Kier molecular flexibility index (Phi) is 6.66. The number of amides is 1. The molecule has 8 heteroatoms. The molecule has 1 aromatic carbocycles. The van der Waals surface area contributed by atoms with E-state index in [2.05, 4.69) is 38.2 Å². The number of esters is 1. The standard InChI is InChI=1S/C12H14BrNO5S/c1-7-3-10(18-5-11(15)14-20)8(13)4-9(7)19-6-12(16)17-2/h3-4,20H,5-6H2,1-2H3,(H,14,15). The number of carbonyl (C=O) groups is 2. The van der Waals surface area contributed by atoms with Crippen LogP contribution in [-0.2, 0) is 14.3 Å². The zero-order chi connectivity index (χ0) is 15.1. The van der Waals surface area contributed by atoms with Gasteiger partial charge in [0.2, 0.25) is 0 Å². The number of halogens is 1. The van der Waals surface area contributed by atoms with E-state index in [1.165, 1.54) is 7.11 Å². The molecule has 0 aliphatic rings. The predicted octanol–water partition coefficient (Wildman–Crippen LogP) is 1.65. The highest BCUT2D eigenvalue weighted by atomic mass is 79.9. The van der Waals surface area contributed by atoms with E-state index in [-0.39, 0.29) is 19.1 Å². The molecular formula is C12H14BrNO5S. The van der Waals surface area contributed by atoms with E-state index >= 15 is 0 Å². The molecule has 0 saturated carbocycles. The van der Waals surface area contributed by atoms with E-state index in [0.717, 1.165) is 5.56 Å². The van der Waals surface area contributed by atoms with Gasteiger partial charge in [0.15, 0.2) is 13.2 Å². The van der Waals surface area contributed by atoms with Crippen LogP contribution < -0.4 is 14.2 Å². The summed E-state index contributed by atoms with van der Waals surface area (Å²) in [7, 11) is 1.29. The third kappa shape index (κ3) is 4.93. The Labute approximate surface area is 130 Å². The molecule has 6 nitrogen and oxygen atoms in total. The van der Waals surface area contributed by atoms with Gasteiger partial charge in [0.1, 0.15) is 11.5 Å². The van der Waals surface area contributed by atoms with Crippen molar-refractivity contribution in [2.45, 2.75) is 6.92 Å². The van der Waals surface area contributed by atoms with Crippen molar-refractivity contribution in [2.75, 3.05) is 20.3 Å². The van der Waals surface area contributed by atoms with Gasteiger partial charge in [0.05, 0.1) is 11.6 Å². The largest absolute Gasteiger partial charge is 0.483 e. The molecule has 0 saturated heterocycles. The van der Waals surface area contributed by atoms with Crippen molar-refractivity contribution in [3.63, 3.8) is 0 Å². The molecule has 1 rings (SSSR count). The fourth-order valence-corrected chi connectivity index (χ4v) is 1.78. The van der Waals surface area contributed by atoms with E-state index in [1.807, 2.05) is 0 Å². The first-order valence-electron chi connectivity index (χ1n) is 5.53. The summed E-state index contributed by atoms with van der Waals surface area (Å²) in [5.41, 5.74) is 0.762. The molecule has 0 aliphatic heterocycles. The van der Waals surface area contributed by atoms with Crippen LogP contribution in [0, 0.1) is 6.92 Å². The number of nitrogens with one attached hydrogen (secondary N) is 1. The molecule has 0 unspecified atom stereocenters. The minimum absolute atomic E-state index is 0.149. The SMILES string of the molecule is COC(=O)COc1cc(Br)c(OCC(=O)NS)cc1C. The first kappa shape index (κ1) is 16.6. The van der Waals surface area contributed by atoms with Crippen molar-refractivity contribution in [2.24, 2.45) is 0 Å². The second-order valence-electron chi connectivity index (χ2n) is 3.74. The number of ether oxygens (including phenoxy) is 3. The van der Waals surface area contributed by atoms with E-state index in [0.29, 0.717) is 16.0 Å². The highest BCUT2D eigenvalue weighted by molar-refractivity contribution is 9.10. The lowest BCUT2D eigenvalue weighted by molar-refractivity contribution is -0.142. The number of hydrogen-bond acceptors (Lipinski definition) is 6. The maximum atomic E-state index is 11.1. The van der Waals surface area contributed by atoms with Gasteiger partial charge in [0, 0.05) is 0 Å². The summed E-state index contributed by atoms with van der Waals surface area (Å²) in [6.07, 6.45) is 0. The third-order valence-corrected chi connectivity index (χ3v) is 3.16. The molecule has 1 amide bonds. The van der Waals surface area contributed by atoms with Gasteiger partial charge in [0.25, 0.3) is 5.91 Å². The third-order valence-electron chi connectivity index (χ3n) is 2.29. The van der Waals surface area contributed by atoms with Crippen molar-refractivity contribution in [1.29, 1.82) is 0 Å². The van der Waals surface area contributed by atoms with E-state index in [9.17, 15) is 9.59 Å². The molecule has 1 aromatic rings. The molecule has 110 valence electrons. The maximum Gasteiger partial charge on any atom is 0.343 e. The maximum absolute atomic E-state index is 11.1. The average molecular weight is 364 g/mol. The smallest absolute Gasteiger partial charge is 0.343 e. The zero-order valence-electron chi connectivity index (χ0n) is 10.9. The average Bonchev–Trinajstić information content (AvgIpc) is 2.45. The quantitative estimate of drug-likeness (QED) is 0.593. The van der Waals surface area contributed by atoms with Crippen LogP contribution in [0.3, 0.4) is 0 Å². The predicted molar refractivity (Wildman–Crippen MR) is 79.0 cm³/mol. The monoisotopic (exact) mass is 363 g/mol. The highest BCUT2D eigenvalue weighted by Gasteiger charge is 2.11. The lowest BCUT2D eigenvalue weighted by atomic mass is 10.2. The first-order chi connectivity index (χ1) is 9.47. The van der Waals surface area contributed by atoms with Gasteiger partial charge < -0.3 is 14.2 Å². The Hall–Kier alpha value is -1.41. The number of thiol groups is 1. The molecule has 20 heavy (non-hydrogen) atoms. The van der Waals surface area contributed by atoms with Crippen LogP contribution in [0.5, 0.6) is 11.5 Å². The minimum Gasteiger partial charge on any atom is -0.483 e. The summed E-state index contributed by atoms with van der Waals surface area (Å²) in [6.45, 7) is 1.47. The second-order valence-corrected chi connectivity index (χ2v) is 4.81. The van der Waals surface area contributed by atoms with Crippen LogP contribution in [0.15, 0.2) is 16.6 Å². The van der Waals surface area contributed by atoms with Crippen molar-refractivity contribution in [3.8, 4) is 11.5 Å². The fourth-order valence-electron chi connectivity index (χ4n) is 1.27. The summed E-state index contributed by atoms with van der Waals surface area (Å²) < 4.78 is 17.9. The second kappa shape index (κ2) is 8.01. The van der Waals surface area contributed by atoms with Gasteiger partial charge in [-0.05, 0) is 40.5 Å². The number of rotatable bonds is 6. The summed E-state index contributed by atoms with van der Waals surface area (Å²) >= 11 is 6.93. The summed E-state index contributed by atoms with van der Waals surface area (Å²) in [4.78, 5) is 22.1. The van der Waals surface area contributed by atoms with E-state index < -0.39 is 5.97 Å². The molecule has 0 aromatic heterocycles. The van der Waals surface area contributed by atoms with Crippen LogP contribution in [0.1, 0.15) is 5.56 Å². The van der Waals surface area contributed by atoms with Crippen molar-refractivity contribution < 1.29 is 23.8 Å². The number of aryl methyl sites for hydroxylation is 1. The molecule has 1 N–H and O–H groups in total. The Morgan fingerprint density at radius 3 is 2.50 bits per heavy atom. The Morgan fingerprint density at radius 2 is 1.90 bits per heavy atom. The van der Waals surface area contributed by atoms with E-state index in [1.54, 1.807) is 19.1 Å². The van der Waals surface area contributed by atoms with Crippen molar-refractivity contribution >= 4 is 40.6 Å².